The molecule has 0 radical (unpaired) electrons. The molecule has 1 N–H and O–H groups in total. The second-order valence-corrected chi connectivity index (χ2v) is 7.52. The van der Waals surface area contributed by atoms with Crippen LogP contribution in [0.4, 0.5) is 0 Å². The maximum absolute atomic E-state index is 6.23. The Hall–Kier alpha value is -0.120. The first-order chi connectivity index (χ1) is 10.3. The minimum Gasteiger partial charge on any atom is -0.381 e. The highest BCUT2D eigenvalue weighted by molar-refractivity contribution is 4.95. The summed E-state index contributed by atoms with van der Waals surface area (Å²) in [5.41, 5.74) is 0.251. The molecule has 1 aliphatic carbocycles. The van der Waals surface area contributed by atoms with Crippen molar-refractivity contribution in [3.63, 3.8) is 0 Å². The molecule has 21 heavy (non-hydrogen) atoms. The highest BCUT2D eigenvalue weighted by atomic mass is 16.5. The molecule has 2 heterocycles. The molecule has 3 rings (SSSR count). The minimum atomic E-state index is 0.251. The van der Waals surface area contributed by atoms with Crippen LogP contribution in [-0.4, -0.2) is 38.0 Å². The van der Waals surface area contributed by atoms with Gasteiger partial charge in [0.2, 0.25) is 0 Å². The van der Waals surface area contributed by atoms with Gasteiger partial charge in [-0.25, -0.2) is 0 Å². The van der Waals surface area contributed by atoms with Crippen molar-refractivity contribution in [2.45, 2.75) is 76.4 Å². The van der Waals surface area contributed by atoms with Gasteiger partial charge in [0, 0.05) is 25.9 Å². The number of hydrogen-bond donors (Lipinski definition) is 1. The summed E-state index contributed by atoms with van der Waals surface area (Å²) < 4.78 is 11.8. The lowest BCUT2D eigenvalue weighted by Gasteiger charge is -2.42. The fraction of sp³-hybridized carbons (Fsp3) is 1.00. The van der Waals surface area contributed by atoms with E-state index < -0.39 is 0 Å². The second kappa shape index (κ2) is 7.43. The van der Waals surface area contributed by atoms with Gasteiger partial charge in [-0.1, -0.05) is 19.8 Å². The molecule has 2 aliphatic heterocycles. The predicted octanol–water partition coefficient (Wildman–Crippen LogP) is 3.52. The zero-order valence-electron chi connectivity index (χ0n) is 13.7. The molecule has 1 saturated carbocycles. The van der Waals surface area contributed by atoms with Crippen molar-refractivity contribution in [3.8, 4) is 0 Å². The Labute approximate surface area is 130 Å². The van der Waals surface area contributed by atoms with E-state index in [1.807, 2.05) is 0 Å². The minimum absolute atomic E-state index is 0.251. The van der Waals surface area contributed by atoms with E-state index in [9.17, 15) is 0 Å². The zero-order chi connectivity index (χ0) is 14.5. The zero-order valence-corrected chi connectivity index (χ0v) is 13.7. The van der Waals surface area contributed by atoms with Crippen LogP contribution < -0.4 is 5.32 Å². The van der Waals surface area contributed by atoms with Crippen molar-refractivity contribution in [1.82, 2.24) is 5.32 Å². The molecule has 3 aliphatic rings. The lowest BCUT2D eigenvalue weighted by Crippen LogP contribution is -2.46. The predicted molar refractivity (Wildman–Crippen MR) is 85.5 cm³/mol. The first-order valence-corrected chi connectivity index (χ1v) is 9.26. The summed E-state index contributed by atoms with van der Waals surface area (Å²) in [6, 6.07) is 0.679. The van der Waals surface area contributed by atoms with Crippen LogP contribution in [0.5, 0.6) is 0 Å². The van der Waals surface area contributed by atoms with Crippen LogP contribution >= 0.6 is 0 Å². The Morgan fingerprint density at radius 3 is 2.76 bits per heavy atom. The molecule has 0 aromatic heterocycles. The fourth-order valence-electron chi connectivity index (χ4n) is 4.68. The summed E-state index contributed by atoms with van der Waals surface area (Å²) in [6.07, 6.45) is 11.7. The molecule has 1 spiro atoms. The van der Waals surface area contributed by atoms with Gasteiger partial charge in [0.1, 0.15) is 0 Å². The molecule has 0 aromatic carbocycles. The van der Waals surface area contributed by atoms with Gasteiger partial charge in [-0.05, 0) is 63.3 Å². The summed E-state index contributed by atoms with van der Waals surface area (Å²) in [6.45, 7) is 6.37. The Balaban J connectivity index is 1.60. The van der Waals surface area contributed by atoms with E-state index in [0.717, 1.165) is 38.2 Å². The van der Waals surface area contributed by atoms with Crippen LogP contribution in [0.1, 0.15) is 64.7 Å². The summed E-state index contributed by atoms with van der Waals surface area (Å²) in [4.78, 5) is 0. The Kier molecular flexibility index (Phi) is 5.58. The number of nitrogens with one attached hydrogen (secondary N) is 1. The fourth-order valence-corrected chi connectivity index (χ4v) is 4.68. The van der Waals surface area contributed by atoms with Crippen LogP contribution in [0, 0.1) is 11.8 Å². The maximum atomic E-state index is 6.23. The van der Waals surface area contributed by atoms with Gasteiger partial charge in [0.15, 0.2) is 0 Å². The van der Waals surface area contributed by atoms with Gasteiger partial charge in [-0.2, -0.15) is 0 Å². The molecule has 2 saturated heterocycles. The molecule has 0 bridgehead atoms. The molecule has 3 fully saturated rings. The van der Waals surface area contributed by atoms with Crippen LogP contribution in [0.25, 0.3) is 0 Å². The molecular formula is C18H33NO2. The third-order valence-electron chi connectivity index (χ3n) is 5.88. The largest absolute Gasteiger partial charge is 0.381 e. The molecule has 0 aromatic rings. The van der Waals surface area contributed by atoms with Crippen LogP contribution in [0.2, 0.25) is 0 Å². The van der Waals surface area contributed by atoms with E-state index >= 15 is 0 Å². The van der Waals surface area contributed by atoms with E-state index in [2.05, 4.69) is 12.2 Å². The van der Waals surface area contributed by atoms with Crippen molar-refractivity contribution in [1.29, 1.82) is 0 Å². The molecule has 0 amide bonds. The van der Waals surface area contributed by atoms with Crippen molar-refractivity contribution < 1.29 is 9.47 Å². The van der Waals surface area contributed by atoms with Crippen molar-refractivity contribution in [3.05, 3.63) is 0 Å². The standard InChI is InChI=1S/C18H33NO2/c1-2-9-19-17(12-15-5-10-20-14-15)16-6-11-21-18(13-16)7-3-4-8-18/h15-17,19H,2-14H2,1H3. The van der Waals surface area contributed by atoms with Gasteiger partial charge >= 0.3 is 0 Å². The smallest absolute Gasteiger partial charge is 0.0685 e. The Morgan fingerprint density at radius 1 is 1.19 bits per heavy atom. The van der Waals surface area contributed by atoms with Gasteiger partial charge in [-0.3, -0.25) is 0 Å². The van der Waals surface area contributed by atoms with Crippen molar-refractivity contribution in [2.75, 3.05) is 26.4 Å². The molecule has 3 atom stereocenters. The number of hydrogen-bond acceptors (Lipinski definition) is 3. The van der Waals surface area contributed by atoms with E-state index in [0.29, 0.717) is 6.04 Å². The molecule has 3 heteroatoms. The van der Waals surface area contributed by atoms with Gasteiger partial charge in [0.05, 0.1) is 5.60 Å². The topological polar surface area (TPSA) is 30.5 Å². The normalized spacial score (nSPS) is 33.6. The molecule has 3 unspecified atom stereocenters. The summed E-state index contributed by atoms with van der Waals surface area (Å²) in [7, 11) is 0. The van der Waals surface area contributed by atoms with Crippen molar-refractivity contribution >= 4 is 0 Å². The van der Waals surface area contributed by atoms with Crippen LogP contribution in [0.3, 0.4) is 0 Å². The third-order valence-corrected chi connectivity index (χ3v) is 5.88. The molecule has 122 valence electrons. The Morgan fingerprint density at radius 2 is 2.05 bits per heavy atom. The monoisotopic (exact) mass is 295 g/mol. The van der Waals surface area contributed by atoms with Gasteiger partial charge < -0.3 is 14.8 Å². The summed E-state index contributed by atoms with van der Waals surface area (Å²) in [5.74, 6) is 1.59. The first kappa shape index (κ1) is 15.8. The quantitative estimate of drug-likeness (QED) is 0.813. The second-order valence-electron chi connectivity index (χ2n) is 7.52. The average Bonchev–Trinajstić information content (AvgIpc) is 3.16. The van der Waals surface area contributed by atoms with Gasteiger partial charge in [-0.15, -0.1) is 0 Å². The number of ether oxygens (including phenoxy) is 2. The van der Waals surface area contributed by atoms with E-state index in [1.54, 1.807) is 0 Å². The Bertz CT molecular complexity index is 308. The summed E-state index contributed by atoms with van der Waals surface area (Å²) in [5, 5.41) is 3.86. The van der Waals surface area contributed by atoms with Crippen molar-refractivity contribution in [2.24, 2.45) is 11.8 Å². The van der Waals surface area contributed by atoms with Crippen LogP contribution in [-0.2, 0) is 9.47 Å². The van der Waals surface area contributed by atoms with E-state index in [1.165, 1.54) is 57.8 Å². The van der Waals surface area contributed by atoms with E-state index in [4.69, 9.17) is 9.47 Å². The van der Waals surface area contributed by atoms with Gasteiger partial charge in [0.25, 0.3) is 0 Å². The molecular weight excluding hydrogens is 262 g/mol. The maximum Gasteiger partial charge on any atom is 0.0685 e. The first-order valence-electron chi connectivity index (χ1n) is 9.26. The van der Waals surface area contributed by atoms with Crippen LogP contribution in [0.15, 0.2) is 0 Å². The highest BCUT2D eigenvalue weighted by Crippen LogP contribution is 2.43. The average molecular weight is 295 g/mol. The lowest BCUT2D eigenvalue weighted by molar-refractivity contribution is -0.0989. The highest BCUT2D eigenvalue weighted by Gasteiger charge is 2.42. The lowest BCUT2D eigenvalue weighted by atomic mass is 9.78. The summed E-state index contributed by atoms with van der Waals surface area (Å²) >= 11 is 0. The molecule has 3 nitrogen and oxygen atoms in total. The third kappa shape index (κ3) is 4.00. The van der Waals surface area contributed by atoms with E-state index in [-0.39, 0.29) is 5.60 Å². The SMILES string of the molecule is CCCNC(CC1CCOC1)C1CCOC2(CCCC2)C1. The number of rotatable bonds is 6.